The number of ketones is 1. The molecule has 0 N–H and O–H groups in total. The van der Waals surface area contributed by atoms with Gasteiger partial charge in [0.2, 0.25) is 11.6 Å². The van der Waals surface area contributed by atoms with Crippen LogP contribution in [-0.2, 0) is 28.5 Å². The van der Waals surface area contributed by atoms with Crippen molar-refractivity contribution in [3.8, 4) is 0 Å². The maximum absolute atomic E-state index is 12.0. The lowest BCUT2D eigenvalue weighted by atomic mass is 9.86. The van der Waals surface area contributed by atoms with Gasteiger partial charge in [0.25, 0.3) is 0 Å². The number of carbonyl (C=O) groups excluding carboxylic acids is 1. The number of hydrogen-bond acceptors (Lipinski definition) is 6. The first-order chi connectivity index (χ1) is 9.40. The van der Waals surface area contributed by atoms with Gasteiger partial charge < -0.3 is 23.7 Å². The van der Waals surface area contributed by atoms with Crippen molar-refractivity contribution in [2.75, 3.05) is 27.9 Å². The lowest BCUT2D eigenvalue weighted by molar-refractivity contribution is -0.446. The summed E-state index contributed by atoms with van der Waals surface area (Å²) in [5.74, 6) is -2.62. The molecule has 1 heterocycles. The third-order valence-electron chi connectivity index (χ3n) is 4.21. The van der Waals surface area contributed by atoms with E-state index in [4.69, 9.17) is 23.7 Å². The van der Waals surface area contributed by atoms with Gasteiger partial charge in [-0.25, -0.2) is 0 Å². The monoisotopic (exact) mass is 286 g/mol. The fourth-order valence-electron chi connectivity index (χ4n) is 2.63. The third kappa shape index (κ3) is 2.31. The Morgan fingerprint density at radius 3 is 2.30 bits per heavy atom. The zero-order valence-electron chi connectivity index (χ0n) is 12.5. The van der Waals surface area contributed by atoms with Crippen LogP contribution in [0.3, 0.4) is 0 Å². The van der Waals surface area contributed by atoms with E-state index in [2.05, 4.69) is 0 Å². The van der Waals surface area contributed by atoms with Crippen molar-refractivity contribution in [3.05, 3.63) is 12.2 Å². The lowest BCUT2D eigenvalue weighted by Gasteiger charge is -2.53. The molecule has 1 aliphatic heterocycles. The molecule has 0 saturated carbocycles. The summed E-state index contributed by atoms with van der Waals surface area (Å²) < 4.78 is 28.0. The van der Waals surface area contributed by atoms with Crippen molar-refractivity contribution in [1.29, 1.82) is 0 Å². The highest BCUT2D eigenvalue weighted by atomic mass is 16.8. The van der Waals surface area contributed by atoms with Gasteiger partial charge in [0.15, 0.2) is 5.78 Å². The van der Waals surface area contributed by atoms with Gasteiger partial charge in [-0.15, -0.1) is 0 Å². The molecule has 1 aliphatic carbocycles. The van der Waals surface area contributed by atoms with Crippen LogP contribution in [0.1, 0.15) is 13.8 Å². The predicted octanol–water partition coefficient (Wildman–Crippen LogP) is 0.897. The van der Waals surface area contributed by atoms with Crippen molar-refractivity contribution >= 4 is 5.78 Å². The fraction of sp³-hybridized carbons (Fsp3) is 0.786. The van der Waals surface area contributed by atoms with E-state index >= 15 is 0 Å². The Kier molecular flexibility index (Phi) is 4.32. The molecule has 0 bridgehead atoms. The van der Waals surface area contributed by atoms with E-state index in [0.717, 1.165) is 0 Å². The van der Waals surface area contributed by atoms with E-state index in [1.54, 1.807) is 27.0 Å². The van der Waals surface area contributed by atoms with Crippen LogP contribution in [0.2, 0.25) is 0 Å². The quantitative estimate of drug-likeness (QED) is 0.765. The van der Waals surface area contributed by atoms with Crippen molar-refractivity contribution in [2.24, 2.45) is 5.92 Å². The molecule has 114 valence electrons. The Balaban J connectivity index is 2.33. The van der Waals surface area contributed by atoms with Gasteiger partial charge in [-0.2, -0.15) is 0 Å². The molecule has 1 saturated heterocycles. The largest absolute Gasteiger partial charge is 0.384 e. The summed E-state index contributed by atoms with van der Waals surface area (Å²) in [5.41, 5.74) is 0. The molecule has 20 heavy (non-hydrogen) atoms. The number of hydrogen-bond donors (Lipinski definition) is 0. The first-order valence-electron chi connectivity index (χ1n) is 6.57. The Morgan fingerprint density at radius 1 is 1.15 bits per heavy atom. The van der Waals surface area contributed by atoms with E-state index in [9.17, 15) is 4.79 Å². The molecule has 0 aromatic carbocycles. The third-order valence-corrected chi connectivity index (χ3v) is 4.21. The number of carbonyl (C=O) groups is 1. The molecule has 5 atom stereocenters. The average Bonchev–Trinajstić information content (AvgIpc) is 2.44. The SMILES string of the molecule is COC[C@@H]1C(=O)C=C[C@H]2O[C@](C)(OC)[C@@](C)(OC)O[C@H]12. The number of ether oxygens (including phenoxy) is 5. The Bertz CT molecular complexity index is 408. The maximum Gasteiger partial charge on any atom is 0.220 e. The van der Waals surface area contributed by atoms with Crippen molar-refractivity contribution < 1.29 is 28.5 Å². The van der Waals surface area contributed by atoms with Crippen LogP contribution in [-0.4, -0.2) is 57.5 Å². The molecule has 6 nitrogen and oxygen atoms in total. The first-order valence-corrected chi connectivity index (χ1v) is 6.57. The highest BCUT2D eigenvalue weighted by Gasteiger charge is 2.58. The minimum Gasteiger partial charge on any atom is -0.384 e. The minimum absolute atomic E-state index is 0.0313. The molecule has 2 aliphatic rings. The van der Waals surface area contributed by atoms with E-state index in [0.29, 0.717) is 0 Å². The lowest BCUT2D eigenvalue weighted by Crippen LogP contribution is -2.67. The maximum atomic E-state index is 12.0. The van der Waals surface area contributed by atoms with Gasteiger partial charge in [0.1, 0.15) is 12.2 Å². The van der Waals surface area contributed by atoms with Gasteiger partial charge >= 0.3 is 0 Å². The summed E-state index contributed by atoms with van der Waals surface area (Å²) >= 11 is 0. The van der Waals surface area contributed by atoms with Crippen LogP contribution < -0.4 is 0 Å². The molecule has 6 heteroatoms. The second-order valence-corrected chi connectivity index (χ2v) is 5.29. The van der Waals surface area contributed by atoms with Crippen LogP contribution in [0.25, 0.3) is 0 Å². The molecular weight excluding hydrogens is 264 g/mol. The van der Waals surface area contributed by atoms with Crippen LogP contribution >= 0.6 is 0 Å². The number of methoxy groups -OCH3 is 3. The second-order valence-electron chi connectivity index (χ2n) is 5.29. The van der Waals surface area contributed by atoms with Gasteiger partial charge in [0, 0.05) is 21.3 Å². The smallest absolute Gasteiger partial charge is 0.220 e. The zero-order valence-corrected chi connectivity index (χ0v) is 12.5. The Hall–Kier alpha value is -0.790. The number of allylic oxidation sites excluding steroid dienone is 1. The molecule has 2 rings (SSSR count). The summed E-state index contributed by atoms with van der Waals surface area (Å²) in [5, 5.41) is 0. The second kappa shape index (κ2) is 5.54. The molecule has 0 amide bonds. The summed E-state index contributed by atoms with van der Waals surface area (Å²) in [6, 6.07) is 0. The van der Waals surface area contributed by atoms with Gasteiger partial charge in [-0.3, -0.25) is 4.79 Å². The molecule has 1 fully saturated rings. The molecule has 0 aromatic rings. The summed E-state index contributed by atoms with van der Waals surface area (Å²) in [7, 11) is 4.61. The highest BCUT2D eigenvalue weighted by molar-refractivity contribution is 5.93. The topological polar surface area (TPSA) is 63.2 Å². The zero-order chi connectivity index (χ0) is 15.0. The standard InChI is InChI=1S/C14H22O6/c1-13(17-4)14(2,18-5)20-12-9(8-16-3)10(15)6-7-11(12)19-13/h6-7,9,11-12H,8H2,1-5H3/t9-,11-,12-,13+,14+/m1/s1. The fourth-order valence-corrected chi connectivity index (χ4v) is 2.63. The van der Waals surface area contributed by atoms with E-state index in [1.165, 1.54) is 20.3 Å². The van der Waals surface area contributed by atoms with Gasteiger partial charge in [-0.1, -0.05) is 0 Å². The normalized spacial score (nSPS) is 44.5. The van der Waals surface area contributed by atoms with Gasteiger partial charge in [0.05, 0.1) is 12.5 Å². The van der Waals surface area contributed by atoms with Crippen LogP contribution in [0.4, 0.5) is 0 Å². The summed E-state index contributed by atoms with van der Waals surface area (Å²) in [6.45, 7) is 3.76. The van der Waals surface area contributed by atoms with Gasteiger partial charge in [-0.05, 0) is 26.0 Å². The van der Waals surface area contributed by atoms with Crippen LogP contribution in [0.5, 0.6) is 0 Å². The molecular formula is C14H22O6. The van der Waals surface area contributed by atoms with Crippen molar-refractivity contribution in [1.82, 2.24) is 0 Å². The minimum atomic E-state index is -1.11. The molecule has 0 spiro atoms. The average molecular weight is 286 g/mol. The van der Waals surface area contributed by atoms with E-state index < -0.39 is 23.6 Å². The number of rotatable bonds is 4. The van der Waals surface area contributed by atoms with Crippen LogP contribution in [0.15, 0.2) is 12.2 Å². The molecule has 0 radical (unpaired) electrons. The van der Waals surface area contributed by atoms with E-state index in [1.807, 2.05) is 0 Å². The van der Waals surface area contributed by atoms with E-state index in [-0.39, 0.29) is 18.5 Å². The summed E-state index contributed by atoms with van der Waals surface area (Å²) in [4.78, 5) is 12.0. The van der Waals surface area contributed by atoms with Crippen molar-refractivity contribution in [3.63, 3.8) is 0 Å². The van der Waals surface area contributed by atoms with Crippen molar-refractivity contribution in [2.45, 2.75) is 37.6 Å². The molecule has 0 unspecified atom stereocenters. The Morgan fingerprint density at radius 2 is 1.75 bits per heavy atom. The molecule has 0 aromatic heterocycles. The Labute approximate surface area is 119 Å². The van der Waals surface area contributed by atoms with Crippen LogP contribution in [0, 0.1) is 5.92 Å². The highest BCUT2D eigenvalue weighted by Crippen LogP contribution is 2.42. The number of fused-ring (bicyclic) bond motifs is 1. The summed E-state index contributed by atoms with van der Waals surface area (Å²) in [6.07, 6.45) is 2.38. The first kappa shape index (κ1) is 15.6. The predicted molar refractivity (Wildman–Crippen MR) is 70.1 cm³/mol.